The van der Waals surface area contributed by atoms with Crippen LogP contribution in [0.15, 0.2) is 200 Å². The molecule has 0 radical (unpaired) electrons. The second-order valence-corrected chi connectivity index (χ2v) is 17.4. The summed E-state index contributed by atoms with van der Waals surface area (Å²) in [6.07, 6.45) is 0. The normalized spacial score (nSPS) is 13.0. The van der Waals surface area contributed by atoms with Crippen LogP contribution in [0.3, 0.4) is 0 Å². The molecule has 286 valence electrons. The lowest BCUT2D eigenvalue weighted by Crippen LogP contribution is -2.18. The molecule has 1 heterocycles. The van der Waals surface area contributed by atoms with E-state index < -0.39 is 0 Å². The highest BCUT2D eigenvalue weighted by molar-refractivity contribution is 6.00. The molecule has 0 atom stereocenters. The maximum Gasteiger partial charge on any atom is 0.0538 e. The lowest BCUT2D eigenvalue weighted by atomic mass is 9.82. The molecule has 0 N–H and O–H groups in total. The summed E-state index contributed by atoms with van der Waals surface area (Å²) in [5.74, 6) is 0. The number of hydrogen-bond donors (Lipinski definition) is 0. The van der Waals surface area contributed by atoms with Crippen LogP contribution in [0.4, 0.5) is 17.1 Å². The highest BCUT2D eigenvalue weighted by Crippen LogP contribution is 2.51. The van der Waals surface area contributed by atoms with Crippen LogP contribution in [-0.2, 0) is 10.8 Å². The summed E-state index contributed by atoms with van der Waals surface area (Å²) in [5.41, 5.74) is 19.7. The second kappa shape index (κ2) is 14.2. The number of fused-ring (bicyclic) bond motifs is 4. The zero-order chi connectivity index (χ0) is 40.3. The first-order chi connectivity index (χ1) is 28.7. The van der Waals surface area contributed by atoms with Crippen LogP contribution in [-0.4, -0.2) is 4.57 Å². The third-order valence-electron chi connectivity index (χ3n) is 12.3. The predicted molar refractivity (Wildman–Crippen MR) is 251 cm³/mol. The average molecular weight is 761 g/mol. The van der Waals surface area contributed by atoms with E-state index in [4.69, 9.17) is 0 Å². The molecule has 9 aromatic rings. The van der Waals surface area contributed by atoms with Gasteiger partial charge >= 0.3 is 0 Å². The lowest BCUT2D eigenvalue weighted by molar-refractivity contribution is 0.561. The molecule has 0 bridgehead atoms. The van der Waals surface area contributed by atoms with Crippen molar-refractivity contribution in [2.75, 3.05) is 4.90 Å². The summed E-state index contributed by atoms with van der Waals surface area (Å²) in [6, 6.07) is 73.3. The molecule has 0 fully saturated rings. The summed E-state index contributed by atoms with van der Waals surface area (Å²) in [6.45, 7) is 11.7. The van der Waals surface area contributed by atoms with Crippen molar-refractivity contribution in [2.24, 2.45) is 0 Å². The Hall–Kier alpha value is -6.90. The van der Waals surface area contributed by atoms with Gasteiger partial charge in [0, 0.05) is 50.2 Å². The summed E-state index contributed by atoms with van der Waals surface area (Å²) in [7, 11) is 0. The molecule has 1 aromatic heterocycles. The molecule has 0 spiro atoms. The van der Waals surface area contributed by atoms with Gasteiger partial charge in [-0.3, -0.25) is 0 Å². The van der Waals surface area contributed by atoms with E-state index in [0.717, 1.165) is 17.1 Å². The molecular weight excluding hydrogens is 713 g/mol. The van der Waals surface area contributed by atoms with Gasteiger partial charge in [-0.15, -0.1) is 0 Å². The van der Waals surface area contributed by atoms with Crippen LogP contribution in [0, 0.1) is 0 Å². The standard InChI is InChI=1S/C57H48N2/c1-56(2,3)55-54(50-21-13-15-23-53(50)59(55)44-18-10-7-11-19-44)43-26-24-40(25-27-43)42-30-34-46(35-31-42)58(45-32-28-41(29-33-45)39-16-8-6-9-17-39)47-36-37-49-48-20-12-14-22-51(48)57(4,5)52(49)38-47/h6-38H,1-5H3. The molecule has 0 saturated heterocycles. The van der Waals surface area contributed by atoms with E-state index in [2.05, 4.69) is 244 Å². The van der Waals surface area contributed by atoms with Crippen LogP contribution < -0.4 is 4.90 Å². The minimum Gasteiger partial charge on any atom is -0.312 e. The first-order valence-corrected chi connectivity index (χ1v) is 20.8. The van der Waals surface area contributed by atoms with Crippen molar-refractivity contribution in [1.29, 1.82) is 0 Å². The fourth-order valence-electron chi connectivity index (χ4n) is 9.43. The van der Waals surface area contributed by atoms with Crippen LogP contribution in [0.25, 0.3) is 61.1 Å². The molecule has 1 aliphatic rings. The first-order valence-electron chi connectivity index (χ1n) is 20.8. The van der Waals surface area contributed by atoms with Gasteiger partial charge in [-0.1, -0.05) is 180 Å². The summed E-state index contributed by atoms with van der Waals surface area (Å²) in [5, 5.41) is 1.27. The third kappa shape index (κ3) is 6.28. The number of benzene rings is 8. The van der Waals surface area contributed by atoms with E-state index >= 15 is 0 Å². The minimum absolute atomic E-state index is 0.0923. The second-order valence-electron chi connectivity index (χ2n) is 17.4. The Bertz CT molecular complexity index is 2940. The minimum atomic E-state index is -0.0924. The molecular formula is C57H48N2. The highest BCUT2D eigenvalue weighted by atomic mass is 15.1. The number of para-hydroxylation sites is 2. The maximum absolute atomic E-state index is 2.46. The topological polar surface area (TPSA) is 8.17 Å². The molecule has 59 heavy (non-hydrogen) atoms. The van der Waals surface area contributed by atoms with Crippen molar-refractivity contribution in [3.63, 3.8) is 0 Å². The largest absolute Gasteiger partial charge is 0.312 e. The van der Waals surface area contributed by atoms with E-state index in [1.165, 1.54) is 77.9 Å². The molecule has 0 amide bonds. The fraction of sp³-hybridized carbons (Fsp3) is 0.123. The van der Waals surface area contributed by atoms with Crippen molar-refractivity contribution < 1.29 is 0 Å². The molecule has 0 unspecified atom stereocenters. The molecule has 10 rings (SSSR count). The Labute approximate surface area is 348 Å². The Morgan fingerprint density at radius 2 is 0.898 bits per heavy atom. The summed E-state index contributed by atoms with van der Waals surface area (Å²) in [4.78, 5) is 2.40. The van der Waals surface area contributed by atoms with Crippen molar-refractivity contribution in [2.45, 2.75) is 45.4 Å². The van der Waals surface area contributed by atoms with Gasteiger partial charge in [-0.05, 0) is 105 Å². The van der Waals surface area contributed by atoms with Gasteiger partial charge in [-0.2, -0.15) is 0 Å². The molecule has 1 aliphatic carbocycles. The number of nitrogens with zero attached hydrogens (tertiary/aromatic N) is 2. The SMILES string of the molecule is CC(C)(C)c1c(-c2ccc(-c3ccc(N(c4ccc(-c5ccccc5)cc4)c4ccc5c(c4)C(C)(C)c4ccccc4-5)cc3)cc2)c2ccccc2n1-c1ccccc1. The van der Waals surface area contributed by atoms with Crippen LogP contribution in [0.2, 0.25) is 0 Å². The van der Waals surface area contributed by atoms with Gasteiger partial charge in [0.05, 0.1) is 5.52 Å². The molecule has 0 saturated carbocycles. The number of aromatic nitrogens is 1. The average Bonchev–Trinajstić information content (AvgIpc) is 3.75. The van der Waals surface area contributed by atoms with E-state index in [-0.39, 0.29) is 10.8 Å². The number of hydrogen-bond acceptors (Lipinski definition) is 1. The Kier molecular flexibility index (Phi) is 8.76. The van der Waals surface area contributed by atoms with Crippen LogP contribution in [0.5, 0.6) is 0 Å². The smallest absolute Gasteiger partial charge is 0.0538 e. The van der Waals surface area contributed by atoms with Crippen molar-refractivity contribution in [1.82, 2.24) is 4.57 Å². The van der Waals surface area contributed by atoms with Gasteiger partial charge < -0.3 is 9.47 Å². The quantitative estimate of drug-likeness (QED) is 0.157. The zero-order valence-corrected chi connectivity index (χ0v) is 34.4. The van der Waals surface area contributed by atoms with Gasteiger partial charge in [0.15, 0.2) is 0 Å². The lowest BCUT2D eigenvalue weighted by Gasteiger charge is -2.28. The highest BCUT2D eigenvalue weighted by Gasteiger charge is 2.36. The molecule has 8 aromatic carbocycles. The summed E-state index contributed by atoms with van der Waals surface area (Å²) >= 11 is 0. The van der Waals surface area contributed by atoms with E-state index in [1.54, 1.807) is 0 Å². The number of rotatable bonds is 7. The molecule has 2 nitrogen and oxygen atoms in total. The fourth-order valence-corrected chi connectivity index (χ4v) is 9.43. The maximum atomic E-state index is 2.46. The Morgan fingerprint density at radius 3 is 1.53 bits per heavy atom. The van der Waals surface area contributed by atoms with Crippen LogP contribution >= 0.6 is 0 Å². The Balaban J connectivity index is 1.03. The molecule has 0 aliphatic heterocycles. The predicted octanol–water partition coefficient (Wildman–Crippen LogP) is 15.7. The van der Waals surface area contributed by atoms with Gasteiger partial charge in [-0.25, -0.2) is 0 Å². The van der Waals surface area contributed by atoms with Crippen LogP contribution in [0.1, 0.15) is 51.4 Å². The molecule has 2 heteroatoms. The third-order valence-corrected chi connectivity index (χ3v) is 12.3. The van der Waals surface area contributed by atoms with Crippen molar-refractivity contribution in [3.8, 4) is 50.2 Å². The van der Waals surface area contributed by atoms with Crippen molar-refractivity contribution in [3.05, 3.63) is 217 Å². The van der Waals surface area contributed by atoms with E-state index in [9.17, 15) is 0 Å². The van der Waals surface area contributed by atoms with E-state index in [0.29, 0.717) is 0 Å². The number of anilines is 3. The zero-order valence-electron chi connectivity index (χ0n) is 34.4. The Morgan fingerprint density at radius 1 is 0.424 bits per heavy atom. The monoisotopic (exact) mass is 760 g/mol. The van der Waals surface area contributed by atoms with Gasteiger partial charge in [0.2, 0.25) is 0 Å². The van der Waals surface area contributed by atoms with Gasteiger partial charge in [0.1, 0.15) is 0 Å². The van der Waals surface area contributed by atoms with E-state index in [1.807, 2.05) is 0 Å². The van der Waals surface area contributed by atoms with Gasteiger partial charge in [0.25, 0.3) is 0 Å². The summed E-state index contributed by atoms with van der Waals surface area (Å²) < 4.78 is 2.46. The van der Waals surface area contributed by atoms with Crippen molar-refractivity contribution >= 4 is 28.0 Å². The first kappa shape index (κ1) is 36.4.